The van der Waals surface area contributed by atoms with Crippen LogP contribution in [0.1, 0.15) is 48.0 Å². The molecule has 0 aromatic heterocycles. The summed E-state index contributed by atoms with van der Waals surface area (Å²) in [4.78, 5) is 11.4. The Bertz CT molecular complexity index is 207. The number of hydrogen-bond donors (Lipinski definition) is 2. The average molecular weight is 201 g/mol. The largest absolute Gasteiger partial charge is 0.289 e. The second-order valence-corrected chi connectivity index (χ2v) is 5.64. The van der Waals surface area contributed by atoms with Gasteiger partial charge in [0.25, 0.3) is 0 Å². The van der Waals surface area contributed by atoms with Gasteiger partial charge in [-0.25, -0.2) is 5.48 Å². The zero-order valence-electron chi connectivity index (χ0n) is 10.1. The molecule has 0 aromatic rings. The number of amides is 1. The second-order valence-electron chi connectivity index (χ2n) is 5.64. The van der Waals surface area contributed by atoms with E-state index < -0.39 is 5.41 Å². The van der Waals surface area contributed by atoms with Crippen LogP contribution in [0.15, 0.2) is 0 Å². The van der Waals surface area contributed by atoms with Crippen LogP contribution in [-0.4, -0.2) is 11.1 Å². The lowest BCUT2D eigenvalue weighted by Crippen LogP contribution is -2.39. The van der Waals surface area contributed by atoms with Crippen molar-refractivity contribution in [1.29, 1.82) is 0 Å². The third-order valence-corrected chi connectivity index (χ3v) is 3.18. The van der Waals surface area contributed by atoms with Crippen molar-refractivity contribution in [3.8, 4) is 0 Å². The third-order valence-electron chi connectivity index (χ3n) is 3.18. The Morgan fingerprint density at radius 3 is 2.00 bits per heavy atom. The molecule has 84 valence electrons. The van der Waals surface area contributed by atoms with Gasteiger partial charge >= 0.3 is 0 Å². The van der Waals surface area contributed by atoms with Gasteiger partial charge in [0, 0.05) is 5.41 Å². The van der Waals surface area contributed by atoms with Crippen LogP contribution in [0.2, 0.25) is 0 Å². The molecule has 0 rings (SSSR count). The van der Waals surface area contributed by atoms with Gasteiger partial charge in [0.2, 0.25) is 5.91 Å². The smallest absolute Gasteiger partial charge is 0.249 e. The summed E-state index contributed by atoms with van der Waals surface area (Å²) in [5.41, 5.74) is 1.30. The van der Waals surface area contributed by atoms with Crippen molar-refractivity contribution < 1.29 is 10.0 Å². The molecular formula is C11H23NO2. The van der Waals surface area contributed by atoms with E-state index in [1.165, 1.54) is 0 Å². The summed E-state index contributed by atoms with van der Waals surface area (Å²) in [6.45, 7) is 12.3. The number of carbonyl (C=O) groups excluding carboxylic acids is 1. The van der Waals surface area contributed by atoms with Gasteiger partial charge < -0.3 is 0 Å². The van der Waals surface area contributed by atoms with E-state index in [-0.39, 0.29) is 11.3 Å². The van der Waals surface area contributed by atoms with E-state index in [0.717, 1.165) is 6.42 Å². The first-order valence-corrected chi connectivity index (χ1v) is 5.08. The molecule has 3 nitrogen and oxygen atoms in total. The Kier molecular flexibility index (Phi) is 4.13. The van der Waals surface area contributed by atoms with Gasteiger partial charge in [0.1, 0.15) is 0 Å². The van der Waals surface area contributed by atoms with Crippen molar-refractivity contribution in [2.45, 2.75) is 48.0 Å². The Morgan fingerprint density at radius 1 is 1.29 bits per heavy atom. The van der Waals surface area contributed by atoms with E-state index in [9.17, 15) is 4.79 Å². The van der Waals surface area contributed by atoms with Crippen LogP contribution >= 0.6 is 0 Å². The predicted molar refractivity (Wildman–Crippen MR) is 56.9 cm³/mol. The fourth-order valence-corrected chi connectivity index (χ4v) is 1.57. The summed E-state index contributed by atoms with van der Waals surface area (Å²) >= 11 is 0. The molecule has 0 unspecified atom stereocenters. The van der Waals surface area contributed by atoms with Gasteiger partial charge in [-0.05, 0) is 17.8 Å². The summed E-state index contributed by atoms with van der Waals surface area (Å²) in [7, 11) is 0. The number of hydroxylamine groups is 1. The third kappa shape index (κ3) is 3.29. The molecule has 0 aromatic carbocycles. The Morgan fingerprint density at radius 2 is 1.71 bits per heavy atom. The molecule has 0 heterocycles. The first-order valence-electron chi connectivity index (χ1n) is 5.08. The zero-order valence-corrected chi connectivity index (χ0v) is 10.1. The van der Waals surface area contributed by atoms with E-state index >= 15 is 0 Å². The lowest BCUT2D eigenvalue weighted by Gasteiger charge is -2.36. The molecular weight excluding hydrogens is 178 g/mol. The highest BCUT2D eigenvalue weighted by Gasteiger charge is 2.36. The topological polar surface area (TPSA) is 49.3 Å². The molecule has 0 radical (unpaired) electrons. The SMILES string of the molecule is CC(C)C(C)(C)CC(C)(C)C(=O)NO. The molecule has 3 heteroatoms. The minimum absolute atomic E-state index is 0.0933. The maximum Gasteiger partial charge on any atom is 0.249 e. The molecule has 0 saturated carbocycles. The summed E-state index contributed by atoms with van der Waals surface area (Å²) in [6, 6.07) is 0. The van der Waals surface area contributed by atoms with E-state index in [2.05, 4.69) is 27.7 Å². The van der Waals surface area contributed by atoms with Crippen molar-refractivity contribution in [2.75, 3.05) is 0 Å². The van der Waals surface area contributed by atoms with Crippen LogP contribution in [0.3, 0.4) is 0 Å². The highest BCUT2D eigenvalue weighted by atomic mass is 16.5. The highest BCUT2D eigenvalue weighted by Crippen LogP contribution is 2.38. The first kappa shape index (κ1) is 13.4. The van der Waals surface area contributed by atoms with Crippen LogP contribution in [0.4, 0.5) is 0 Å². The van der Waals surface area contributed by atoms with Crippen LogP contribution in [-0.2, 0) is 4.79 Å². The lowest BCUT2D eigenvalue weighted by molar-refractivity contribution is -0.140. The van der Waals surface area contributed by atoms with Crippen molar-refractivity contribution in [2.24, 2.45) is 16.7 Å². The molecule has 0 aliphatic rings. The molecule has 14 heavy (non-hydrogen) atoms. The van der Waals surface area contributed by atoms with Gasteiger partial charge in [0.05, 0.1) is 0 Å². The zero-order chi connectivity index (χ0) is 11.6. The van der Waals surface area contributed by atoms with Crippen LogP contribution in [0.25, 0.3) is 0 Å². The van der Waals surface area contributed by atoms with Crippen molar-refractivity contribution >= 4 is 5.91 Å². The molecule has 0 spiro atoms. The van der Waals surface area contributed by atoms with Crippen molar-refractivity contribution in [3.63, 3.8) is 0 Å². The van der Waals surface area contributed by atoms with E-state index in [4.69, 9.17) is 5.21 Å². The molecule has 0 saturated heterocycles. The molecule has 0 aliphatic heterocycles. The fourth-order valence-electron chi connectivity index (χ4n) is 1.57. The number of hydrogen-bond acceptors (Lipinski definition) is 2. The molecule has 1 amide bonds. The standard InChI is InChI=1S/C11H23NO2/c1-8(2)10(3,4)7-11(5,6)9(13)12-14/h8,14H,7H2,1-6H3,(H,12,13). The Balaban J connectivity index is 4.58. The first-order chi connectivity index (χ1) is 6.13. The van der Waals surface area contributed by atoms with Crippen molar-refractivity contribution in [1.82, 2.24) is 5.48 Å². The quantitative estimate of drug-likeness (QED) is 0.542. The molecule has 0 atom stereocenters. The molecule has 0 fully saturated rings. The van der Waals surface area contributed by atoms with Crippen molar-refractivity contribution in [3.05, 3.63) is 0 Å². The van der Waals surface area contributed by atoms with Gasteiger partial charge in [-0.3, -0.25) is 10.0 Å². The summed E-state index contributed by atoms with van der Waals surface area (Å²) < 4.78 is 0. The highest BCUT2D eigenvalue weighted by molar-refractivity contribution is 5.80. The molecule has 0 bridgehead atoms. The lowest BCUT2D eigenvalue weighted by atomic mass is 9.69. The Hall–Kier alpha value is -0.570. The van der Waals surface area contributed by atoms with Gasteiger partial charge in [-0.1, -0.05) is 41.5 Å². The summed E-state index contributed by atoms with van der Waals surface area (Å²) in [6.07, 6.45) is 0.754. The Labute approximate surface area is 86.8 Å². The molecule has 0 aliphatic carbocycles. The van der Waals surface area contributed by atoms with Gasteiger partial charge in [-0.15, -0.1) is 0 Å². The fraction of sp³-hybridized carbons (Fsp3) is 0.909. The maximum absolute atomic E-state index is 11.4. The van der Waals surface area contributed by atoms with E-state index in [0.29, 0.717) is 5.92 Å². The van der Waals surface area contributed by atoms with Gasteiger partial charge in [-0.2, -0.15) is 0 Å². The predicted octanol–water partition coefficient (Wildman–Crippen LogP) is 2.59. The van der Waals surface area contributed by atoms with Crippen LogP contribution in [0, 0.1) is 16.7 Å². The normalized spacial score (nSPS) is 13.1. The maximum atomic E-state index is 11.4. The molecule has 2 N–H and O–H groups in total. The van der Waals surface area contributed by atoms with E-state index in [1.54, 1.807) is 5.48 Å². The second kappa shape index (κ2) is 4.30. The summed E-state index contributed by atoms with van der Waals surface area (Å²) in [5.74, 6) is 0.194. The number of carbonyl (C=O) groups is 1. The minimum Gasteiger partial charge on any atom is -0.289 e. The number of nitrogens with one attached hydrogen (secondary N) is 1. The average Bonchev–Trinajstić information content (AvgIpc) is 2.00. The summed E-state index contributed by atoms with van der Waals surface area (Å²) in [5, 5.41) is 8.61. The number of rotatable bonds is 4. The monoisotopic (exact) mass is 201 g/mol. The van der Waals surface area contributed by atoms with Crippen LogP contribution in [0.5, 0.6) is 0 Å². The van der Waals surface area contributed by atoms with E-state index in [1.807, 2.05) is 13.8 Å². The van der Waals surface area contributed by atoms with Gasteiger partial charge in [0.15, 0.2) is 0 Å². The minimum atomic E-state index is -0.525. The van der Waals surface area contributed by atoms with Crippen LogP contribution < -0.4 is 5.48 Å².